The van der Waals surface area contributed by atoms with Crippen molar-refractivity contribution in [1.82, 2.24) is 19.7 Å². The second-order valence-electron chi connectivity index (χ2n) is 4.85. The average Bonchev–Trinajstić information content (AvgIpc) is 2.98. The fraction of sp³-hybridized carbons (Fsp3) is 0.214. The molecule has 0 bridgehead atoms. The van der Waals surface area contributed by atoms with E-state index < -0.39 is 0 Å². The van der Waals surface area contributed by atoms with Crippen LogP contribution in [0.15, 0.2) is 24.3 Å². The fourth-order valence-corrected chi connectivity index (χ4v) is 2.40. The van der Waals surface area contributed by atoms with Gasteiger partial charge in [-0.25, -0.2) is 4.98 Å². The Bertz CT molecular complexity index is 755. The number of para-hydroxylation sites is 2. The summed E-state index contributed by atoms with van der Waals surface area (Å²) in [6.45, 7) is 3.93. The van der Waals surface area contributed by atoms with Crippen LogP contribution in [0.5, 0.6) is 0 Å². The molecule has 1 aromatic carbocycles. The molecule has 0 saturated heterocycles. The van der Waals surface area contributed by atoms with Gasteiger partial charge in [0.2, 0.25) is 5.95 Å². The molecule has 3 rings (SSSR count). The van der Waals surface area contributed by atoms with Gasteiger partial charge in [-0.2, -0.15) is 9.78 Å². The summed E-state index contributed by atoms with van der Waals surface area (Å²) in [7, 11) is 0. The van der Waals surface area contributed by atoms with E-state index in [0.717, 1.165) is 17.3 Å². The lowest BCUT2D eigenvalue weighted by Gasteiger charge is -1.99. The lowest BCUT2D eigenvalue weighted by atomic mass is 10.1. The number of rotatable bonds is 3. The maximum atomic E-state index is 11.2. The van der Waals surface area contributed by atoms with E-state index in [4.69, 9.17) is 11.6 Å². The number of imidazole rings is 1. The number of aldehydes is 1. The first-order valence-electron chi connectivity index (χ1n) is 6.30. The lowest BCUT2D eigenvalue weighted by Crippen LogP contribution is -2.00. The molecule has 0 atom stereocenters. The van der Waals surface area contributed by atoms with Gasteiger partial charge in [0.1, 0.15) is 5.15 Å². The van der Waals surface area contributed by atoms with Crippen LogP contribution in [0.3, 0.4) is 0 Å². The number of hydrogen-bond donors (Lipinski definition) is 1. The Morgan fingerprint density at radius 1 is 1.35 bits per heavy atom. The number of nitrogens with zero attached hydrogens (tertiary/aromatic N) is 3. The van der Waals surface area contributed by atoms with Gasteiger partial charge in [-0.1, -0.05) is 37.6 Å². The number of benzene rings is 1. The number of hydrogen-bond acceptors (Lipinski definition) is 3. The van der Waals surface area contributed by atoms with E-state index in [1.807, 2.05) is 38.1 Å². The highest BCUT2D eigenvalue weighted by molar-refractivity contribution is 6.32. The molecule has 102 valence electrons. The highest BCUT2D eigenvalue weighted by Crippen LogP contribution is 2.26. The third-order valence-electron chi connectivity index (χ3n) is 3.13. The predicted molar refractivity (Wildman–Crippen MR) is 77.7 cm³/mol. The fourth-order valence-electron chi connectivity index (χ4n) is 2.14. The van der Waals surface area contributed by atoms with Gasteiger partial charge in [-0.3, -0.25) is 4.79 Å². The summed E-state index contributed by atoms with van der Waals surface area (Å²) in [6.07, 6.45) is 0.740. The van der Waals surface area contributed by atoms with E-state index in [0.29, 0.717) is 17.2 Å². The highest BCUT2D eigenvalue weighted by Gasteiger charge is 2.20. The zero-order chi connectivity index (χ0) is 14.3. The van der Waals surface area contributed by atoms with Crippen LogP contribution >= 0.6 is 11.6 Å². The number of H-pyrrole nitrogens is 1. The van der Waals surface area contributed by atoms with Crippen LogP contribution in [0.25, 0.3) is 17.0 Å². The summed E-state index contributed by atoms with van der Waals surface area (Å²) in [5, 5.41) is 4.69. The van der Waals surface area contributed by atoms with Gasteiger partial charge in [0, 0.05) is 0 Å². The van der Waals surface area contributed by atoms with E-state index in [1.54, 1.807) is 0 Å². The van der Waals surface area contributed by atoms with Crippen molar-refractivity contribution < 1.29 is 4.79 Å². The molecule has 2 heterocycles. The van der Waals surface area contributed by atoms with Crippen molar-refractivity contribution in [3.63, 3.8) is 0 Å². The van der Waals surface area contributed by atoms with Crippen LogP contribution in [0.2, 0.25) is 5.15 Å². The molecule has 6 heteroatoms. The molecule has 0 saturated carbocycles. The van der Waals surface area contributed by atoms with E-state index >= 15 is 0 Å². The summed E-state index contributed by atoms with van der Waals surface area (Å²) in [5.41, 5.74) is 2.81. The molecule has 0 amide bonds. The number of nitrogens with one attached hydrogen (secondary N) is 1. The first-order valence-corrected chi connectivity index (χ1v) is 6.68. The highest BCUT2D eigenvalue weighted by atomic mass is 35.5. The third kappa shape index (κ3) is 1.91. The Morgan fingerprint density at radius 3 is 2.70 bits per heavy atom. The van der Waals surface area contributed by atoms with Gasteiger partial charge in [-0.05, 0) is 18.1 Å². The van der Waals surface area contributed by atoms with Crippen LogP contribution in [-0.4, -0.2) is 26.0 Å². The van der Waals surface area contributed by atoms with E-state index in [1.165, 1.54) is 4.68 Å². The number of carbonyl (C=O) groups is 1. The minimum absolute atomic E-state index is 0.110. The molecular weight excluding hydrogens is 276 g/mol. The Balaban J connectivity index is 2.21. The van der Waals surface area contributed by atoms with Crippen molar-refractivity contribution >= 4 is 28.9 Å². The molecule has 1 N–H and O–H groups in total. The minimum atomic E-state index is 0.110. The van der Waals surface area contributed by atoms with E-state index in [9.17, 15) is 4.79 Å². The number of halogens is 1. The quantitative estimate of drug-likeness (QED) is 0.752. The maximum absolute atomic E-state index is 11.2. The summed E-state index contributed by atoms with van der Waals surface area (Å²) in [5.74, 6) is 0.615. The Morgan fingerprint density at radius 2 is 2.10 bits per heavy atom. The summed E-state index contributed by atoms with van der Waals surface area (Å²) >= 11 is 6.25. The van der Waals surface area contributed by atoms with Gasteiger partial charge >= 0.3 is 0 Å². The third-order valence-corrected chi connectivity index (χ3v) is 3.50. The minimum Gasteiger partial charge on any atom is -0.322 e. The van der Waals surface area contributed by atoms with Gasteiger partial charge in [-0.15, -0.1) is 0 Å². The van der Waals surface area contributed by atoms with Gasteiger partial charge in [0.25, 0.3) is 0 Å². The summed E-state index contributed by atoms with van der Waals surface area (Å²) < 4.78 is 1.47. The number of aromatic amines is 1. The van der Waals surface area contributed by atoms with E-state index in [-0.39, 0.29) is 11.1 Å². The van der Waals surface area contributed by atoms with Crippen molar-refractivity contribution in [1.29, 1.82) is 0 Å². The summed E-state index contributed by atoms with van der Waals surface area (Å²) in [6, 6.07) is 7.66. The molecule has 0 aliphatic rings. The second-order valence-corrected chi connectivity index (χ2v) is 5.21. The topological polar surface area (TPSA) is 63.6 Å². The Kier molecular flexibility index (Phi) is 3.06. The monoisotopic (exact) mass is 288 g/mol. The van der Waals surface area contributed by atoms with Crippen LogP contribution in [-0.2, 0) is 0 Å². The molecule has 0 spiro atoms. The van der Waals surface area contributed by atoms with Crippen molar-refractivity contribution in [2.45, 2.75) is 19.8 Å². The van der Waals surface area contributed by atoms with Crippen molar-refractivity contribution in [3.05, 3.63) is 40.7 Å². The van der Waals surface area contributed by atoms with E-state index in [2.05, 4.69) is 15.1 Å². The van der Waals surface area contributed by atoms with Crippen LogP contribution in [0.1, 0.15) is 35.8 Å². The number of aromatic nitrogens is 4. The molecule has 0 fully saturated rings. The van der Waals surface area contributed by atoms with Crippen molar-refractivity contribution in [2.24, 2.45) is 0 Å². The molecule has 5 nitrogen and oxygen atoms in total. The van der Waals surface area contributed by atoms with Gasteiger partial charge < -0.3 is 4.98 Å². The Labute approximate surface area is 120 Å². The molecule has 20 heavy (non-hydrogen) atoms. The molecular formula is C14H13ClN4O. The standard InChI is InChI=1S/C14H13ClN4O/c1-8(2)12-9(7-20)13(15)19(18-12)14-16-10-5-3-4-6-11(10)17-14/h3-8H,1-2H3,(H,16,17). The predicted octanol–water partition coefficient (Wildman–Crippen LogP) is 3.34. The average molecular weight is 289 g/mol. The largest absolute Gasteiger partial charge is 0.322 e. The zero-order valence-corrected chi connectivity index (χ0v) is 11.8. The normalized spacial score (nSPS) is 11.4. The second kappa shape index (κ2) is 4.76. The SMILES string of the molecule is CC(C)c1nn(-c2nc3ccccc3[nH]2)c(Cl)c1C=O. The van der Waals surface area contributed by atoms with Gasteiger partial charge in [0.05, 0.1) is 22.3 Å². The first kappa shape index (κ1) is 12.9. The molecule has 0 aliphatic carbocycles. The molecule has 3 aromatic rings. The number of carbonyl (C=O) groups excluding carboxylic acids is 1. The molecule has 0 radical (unpaired) electrons. The molecule has 0 aliphatic heterocycles. The van der Waals surface area contributed by atoms with Crippen LogP contribution in [0, 0.1) is 0 Å². The Hall–Kier alpha value is -2.14. The van der Waals surface area contributed by atoms with Crippen molar-refractivity contribution in [3.8, 4) is 5.95 Å². The zero-order valence-electron chi connectivity index (χ0n) is 11.1. The number of fused-ring (bicyclic) bond motifs is 1. The summed E-state index contributed by atoms with van der Waals surface area (Å²) in [4.78, 5) is 18.8. The molecule has 0 unspecified atom stereocenters. The first-order chi connectivity index (χ1) is 9.61. The molecule has 2 aromatic heterocycles. The van der Waals surface area contributed by atoms with Crippen molar-refractivity contribution in [2.75, 3.05) is 0 Å². The van der Waals surface area contributed by atoms with Crippen LogP contribution < -0.4 is 0 Å². The lowest BCUT2D eigenvalue weighted by molar-refractivity contribution is 0.112. The maximum Gasteiger partial charge on any atom is 0.230 e. The smallest absolute Gasteiger partial charge is 0.230 e. The van der Waals surface area contributed by atoms with Crippen LogP contribution in [0.4, 0.5) is 0 Å². The van der Waals surface area contributed by atoms with Gasteiger partial charge in [0.15, 0.2) is 6.29 Å².